The summed E-state index contributed by atoms with van der Waals surface area (Å²) in [5, 5.41) is 4.14. The molecular formula is C16H16N4O. The van der Waals surface area contributed by atoms with Gasteiger partial charge in [0, 0.05) is 24.7 Å². The standard InChI is InChI=1S/C16H16N4O/c1-3-13-15(17-2)19-10-20-16(13)21-12-7-6-11-5-4-8-18-14(11)9-12/h4-10H,3H2,1-2H3,(H,17,19,20). The molecule has 0 amide bonds. The molecule has 1 N–H and O–H groups in total. The Labute approximate surface area is 123 Å². The van der Waals surface area contributed by atoms with Crippen LogP contribution in [0.25, 0.3) is 10.9 Å². The lowest BCUT2D eigenvalue weighted by Gasteiger charge is -2.12. The molecular weight excluding hydrogens is 264 g/mol. The minimum absolute atomic E-state index is 0.576. The highest BCUT2D eigenvalue weighted by molar-refractivity contribution is 5.79. The average Bonchev–Trinajstić information content (AvgIpc) is 2.54. The van der Waals surface area contributed by atoms with E-state index in [1.807, 2.05) is 44.3 Å². The molecule has 0 radical (unpaired) electrons. The average molecular weight is 280 g/mol. The van der Waals surface area contributed by atoms with Crippen molar-refractivity contribution in [2.45, 2.75) is 13.3 Å². The smallest absolute Gasteiger partial charge is 0.227 e. The molecule has 5 nitrogen and oxygen atoms in total. The van der Waals surface area contributed by atoms with Crippen molar-refractivity contribution in [1.29, 1.82) is 0 Å². The number of hydrogen-bond acceptors (Lipinski definition) is 5. The Balaban J connectivity index is 1.98. The summed E-state index contributed by atoms with van der Waals surface area (Å²) in [6, 6.07) is 9.76. The van der Waals surface area contributed by atoms with Crippen molar-refractivity contribution < 1.29 is 4.74 Å². The molecule has 2 aromatic heterocycles. The van der Waals surface area contributed by atoms with Crippen LogP contribution in [-0.4, -0.2) is 22.0 Å². The largest absolute Gasteiger partial charge is 0.438 e. The van der Waals surface area contributed by atoms with Gasteiger partial charge in [-0.3, -0.25) is 4.98 Å². The zero-order chi connectivity index (χ0) is 14.7. The van der Waals surface area contributed by atoms with E-state index in [0.29, 0.717) is 5.88 Å². The second-order valence-corrected chi connectivity index (χ2v) is 4.57. The van der Waals surface area contributed by atoms with Crippen molar-refractivity contribution >= 4 is 16.7 Å². The first-order valence-corrected chi connectivity index (χ1v) is 6.86. The Morgan fingerprint density at radius 1 is 1.14 bits per heavy atom. The van der Waals surface area contributed by atoms with E-state index in [9.17, 15) is 0 Å². The maximum absolute atomic E-state index is 5.92. The number of ether oxygens (including phenoxy) is 1. The third kappa shape index (κ3) is 2.63. The highest BCUT2D eigenvalue weighted by Gasteiger charge is 2.11. The van der Waals surface area contributed by atoms with E-state index in [0.717, 1.165) is 34.5 Å². The summed E-state index contributed by atoms with van der Waals surface area (Å²) < 4.78 is 5.92. The topological polar surface area (TPSA) is 59.9 Å². The highest BCUT2D eigenvalue weighted by Crippen LogP contribution is 2.28. The van der Waals surface area contributed by atoms with Crippen molar-refractivity contribution in [3.63, 3.8) is 0 Å². The lowest BCUT2D eigenvalue weighted by Crippen LogP contribution is -2.02. The van der Waals surface area contributed by atoms with Crippen molar-refractivity contribution in [2.24, 2.45) is 0 Å². The molecule has 0 bridgehead atoms. The molecule has 0 aliphatic heterocycles. The number of pyridine rings is 1. The Bertz CT molecular complexity index is 773. The van der Waals surface area contributed by atoms with Crippen LogP contribution in [0.1, 0.15) is 12.5 Å². The van der Waals surface area contributed by atoms with Crippen LogP contribution in [0.15, 0.2) is 42.9 Å². The SMILES string of the molecule is CCc1c(NC)ncnc1Oc1ccc2cccnc2c1. The van der Waals surface area contributed by atoms with Gasteiger partial charge in [0.2, 0.25) is 5.88 Å². The first-order chi connectivity index (χ1) is 10.3. The zero-order valence-electron chi connectivity index (χ0n) is 12.0. The maximum atomic E-state index is 5.92. The number of benzene rings is 1. The fourth-order valence-corrected chi connectivity index (χ4v) is 2.24. The number of aromatic nitrogens is 3. The molecule has 0 atom stereocenters. The number of anilines is 1. The minimum atomic E-state index is 0.576. The van der Waals surface area contributed by atoms with E-state index >= 15 is 0 Å². The van der Waals surface area contributed by atoms with E-state index in [-0.39, 0.29) is 0 Å². The number of nitrogens with one attached hydrogen (secondary N) is 1. The molecule has 21 heavy (non-hydrogen) atoms. The molecule has 0 saturated heterocycles. The minimum Gasteiger partial charge on any atom is -0.438 e. The van der Waals surface area contributed by atoms with Crippen molar-refractivity contribution in [3.8, 4) is 11.6 Å². The molecule has 3 aromatic rings. The van der Waals surface area contributed by atoms with E-state index in [2.05, 4.69) is 20.3 Å². The van der Waals surface area contributed by atoms with E-state index < -0.39 is 0 Å². The number of rotatable bonds is 4. The quantitative estimate of drug-likeness (QED) is 0.793. The van der Waals surface area contributed by atoms with Crippen LogP contribution >= 0.6 is 0 Å². The van der Waals surface area contributed by atoms with Gasteiger partial charge in [0.25, 0.3) is 0 Å². The first kappa shape index (κ1) is 13.3. The second-order valence-electron chi connectivity index (χ2n) is 4.57. The van der Waals surface area contributed by atoms with Crippen molar-refractivity contribution in [3.05, 3.63) is 48.4 Å². The predicted octanol–water partition coefficient (Wildman–Crippen LogP) is 3.42. The van der Waals surface area contributed by atoms with Crippen LogP contribution in [0.2, 0.25) is 0 Å². The molecule has 2 heterocycles. The summed E-state index contributed by atoms with van der Waals surface area (Å²) in [4.78, 5) is 12.8. The van der Waals surface area contributed by atoms with E-state index in [4.69, 9.17) is 4.74 Å². The van der Waals surface area contributed by atoms with Gasteiger partial charge in [-0.2, -0.15) is 0 Å². The molecule has 0 aliphatic carbocycles. The van der Waals surface area contributed by atoms with Crippen molar-refractivity contribution in [1.82, 2.24) is 15.0 Å². The van der Waals surface area contributed by atoms with Crippen LogP contribution < -0.4 is 10.1 Å². The summed E-state index contributed by atoms with van der Waals surface area (Å²) in [6.45, 7) is 2.05. The van der Waals surface area contributed by atoms with Crippen LogP contribution in [0.5, 0.6) is 11.6 Å². The van der Waals surface area contributed by atoms with Gasteiger partial charge in [0.15, 0.2) is 0 Å². The van der Waals surface area contributed by atoms with Gasteiger partial charge in [0.1, 0.15) is 17.9 Å². The third-order valence-corrected chi connectivity index (χ3v) is 3.29. The molecule has 0 fully saturated rings. The van der Waals surface area contributed by atoms with Gasteiger partial charge >= 0.3 is 0 Å². The van der Waals surface area contributed by atoms with Gasteiger partial charge in [0.05, 0.1) is 11.1 Å². The molecule has 0 saturated carbocycles. The maximum Gasteiger partial charge on any atom is 0.227 e. The van der Waals surface area contributed by atoms with Crippen LogP contribution in [-0.2, 0) is 6.42 Å². The molecule has 0 spiro atoms. The van der Waals surface area contributed by atoms with Crippen LogP contribution in [0.4, 0.5) is 5.82 Å². The number of nitrogens with zero attached hydrogens (tertiary/aromatic N) is 3. The van der Waals surface area contributed by atoms with E-state index in [1.165, 1.54) is 6.33 Å². The fourth-order valence-electron chi connectivity index (χ4n) is 2.24. The summed E-state index contributed by atoms with van der Waals surface area (Å²) in [6.07, 6.45) is 4.06. The predicted molar refractivity (Wildman–Crippen MR) is 82.8 cm³/mol. The first-order valence-electron chi connectivity index (χ1n) is 6.86. The monoisotopic (exact) mass is 280 g/mol. The summed E-state index contributed by atoms with van der Waals surface area (Å²) in [5.74, 6) is 2.09. The van der Waals surface area contributed by atoms with Gasteiger partial charge in [-0.25, -0.2) is 9.97 Å². The van der Waals surface area contributed by atoms with E-state index in [1.54, 1.807) is 6.20 Å². The molecule has 0 aliphatic rings. The number of fused-ring (bicyclic) bond motifs is 1. The van der Waals surface area contributed by atoms with Gasteiger partial charge < -0.3 is 10.1 Å². The highest BCUT2D eigenvalue weighted by atomic mass is 16.5. The summed E-state index contributed by atoms with van der Waals surface area (Å²) in [5.41, 5.74) is 1.86. The second kappa shape index (κ2) is 5.75. The summed E-state index contributed by atoms with van der Waals surface area (Å²) in [7, 11) is 1.84. The molecule has 106 valence electrons. The molecule has 3 rings (SSSR count). The molecule has 5 heteroatoms. The fraction of sp³-hybridized carbons (Fsp3) is 0.188. The summed E-state index contributed by atoms with van der Waals surface area (Å²) >= 11 is 0. The van der Waals surface area contributed by atoms with Crippen LogP contribution in [0.3, 0.4) is 0 Å². The lowest BCUT2D eigenvalue weighted by molar-refractivity contribution is 0.456. The van der Waals surface area contributed by atoms with Crippen molar-refractivity contribution in [2.75, 3.05) is 12.4 Å². The molecule has 1 aromatic carbocycles. The normalized spacial score (nSPS) is 10.6. The Morgan fingerprint density at radius 3 is 2.86 bits per heavy atom. The van der Waals surface area contributed by atoms with Gasteiger partial charge in [-0.15, -0.1) is 0 Å². The lowest BCUT2D eigenvalue weighted by atomic mass is 10.2. The molecule has 0 unspecified atom stereocenters. The van der Waals surface area contributed by atoms with Crippen LogP contribution in [0, 0.1) is 0 Å². The zero-order valence-corrected chi connectivity index (χ0v) is 12.0. The Morgan fingerprint density at radius 2 is 2.05 bits per heavy atom. The third-order valence-electron chi connectivity index (χ3n) is 3.29. The van der Waals surface area contributed by atoms with Gasteiger partial charge in [-0.05, 0) is 24.6 Å². The van der Waals surface area contributed by atoms with Gasteiger partial charge in [-0.1, -0.05) is 13.0 Å². The number of hydrogen-bond donors (Lipinski definition) is 1. The Hall–Kier alpha value is -2.69. The Kier molecular flexibility index (Phi) is 3.64.